The van der Waals surface area contributed by atoms with E-state index in [0.29, 0.717) is 30.0 Å². The van der Waals surface area contributed by atoms with Crippen molar-refractivity contribution in [2.75, 3.05) is 32.8 Å². The number of nitrogens with one attached hydrogen (secondary N) is 1. The molecule has 4 rings (SSSR count). The van der Waals surface area contributed by atoms with Gasteiger partial charge in [0, 0.05) is 50.4 Å². The normalized spacial score (nSPS) is 31.2. The highest BCUT2D eigenvalue weighted by atomic mass is 16.5. The van der Waals surface area contributed by atoms with Gasteiger partial charge in [0.15, 0.2) is 0 Å². The minimum Gasteiger partial charge on any atom is -0.376 e. The highest BCUT2D eigenvalue weighted by molar-refractivity contribution is 5.93. The van der Waals surface area contributed by atoms with Crippen molar-refractivity contribution in [1.29, 1.82) is 0 Å². The largest absolute Gasteiger partial charge is 0.376 e. The smallest absolute Gasteiger partial charge is 0.252 e. The van der Waals surface area contributed by atoms with Crippen LogP contribution in [0.25, 0.3) is 0 Å². The first-order valence-corrected chi connectivity index (χ1v) is 8.32. The predicted octanol–water partition coefficient (Wildman–Crippen LogP) is 1.17. The Kier molecular flexibility index (Phi) is 3.84. The Bertz CT molecular complexity index is 532. The number of fused-ring (bicyclic) bond motifs is 1. The first-order valence-electron chi connectivity index (χ1n) is 8.32. The first-order chi connectivity index (χ1) is 10.8. The molecule has 1 aromatic heterocycles. The van der Waals surface area contributed by atoms with E-state index in [1.165, 1.54) is 19.4 Å². The van der Waals surface area contributed by atoms with Crippen LogP contribution >= 0.6 is 0 Å². The summed E-state index contributed by atoms with van der Waals surface area (Å²) in [6.45, 7) is 4.93. The average molecular weight is 301 g/mol. The van der Waals surface area contributed by atoms with E-state index >= 15 is 0 Å². The van der Waals surface area contributed by atoms with Crippen LogP contribution in [-0.4, -0.2) is 54.7 Å². The molecule has 0 spiro atoms. The van der Waals surface area contributed by atoms with Crippen molar-refractivity contribution in [3.05, 3.63) is 30.1 Å². The Labute approximate surface area is 131 Å². The van der Waals surface area contributed by atoms with E-state index in [0.717, 1.165) is 25.6 Å². The number of aromatic nitrogens is 1. The number of carbonyl (C=O) groups is 1. The molecule has 0 aromatic carbocycles. The van der Waals surface area contributed by atoms with Crippen LogP contribution in [0.15, 0.2) is 24.5 Å². The second kappa shape index (κ2) is 5.97. The molecule has 1 aliphatic carbocycles. The first kappa shape index (κ1) is 14.2. The molecule has 1 N–H and O–H groups in total. The fourth-order valence-corrected chi connectivity index (χ4v) is 3.73. The number of hydrogen-bond donors (Lipinski definition) is 1. The summed E-state index contributed by atoms with van der Waals surface area (Å²) < 4.78 is 5.95. The third-order valence-electron chi connectivity index (χ3n) is 5.18. The zero-order valence-corrected chi connectivity index (χ0v) is 12.8. The quantitative estimate of drug-likeness (QED) is 0.887. The standard InChI is InChI=1S/C17H23N3O2/c21-17(13-2-1-5-18-6-13)19-7-14-11-22-16-10-20(9-15(14)16)8-12-3-4-12/h1-2,5-6,12,14-16H,3-4,7-11H2,(H,19,21)/t14-,15+,16+/m1/s1. The molecule has 3 atom stereocenters. The summed E-state index contributed by atoms with van der Waals surface area (Å²) in [4.78, 5) is 18.7. The number of likely N-dealkylation sites (tertiary alicyclic amines) is 1. The summed E-state index contributed by atoms with van der Waals surface area (Å²) in [6.07, 6.45) is 6.46. The second-order valence-electron chi connectivity index (χ2n) is 6.91. The zero-order chi connectivity index (χ0) is 14.9. The number of hydrogen-bond acceptors (Lipinski definition) is 4. The van der Waals surface area contributed by atoms with Crippen LogP contribution in [0, 0.1) is 17.8 Å². The lowest BCUT2D eigenvalue weighted by atomic mass is 9.93. The molecule has 22 heavy (non-hydrogen) atoms. The molecule has 0 bridgehead atoms. The van der Waals surface area contributed by atoms with Gasteiger partial charge in [-0.15, -0.1) is 0 Å². The maximum Gasteiger partial charge on any atom is 0.252 e. The van der Waals surface area contributed by atoms with E-state index in [1.807, 2.05) is 0 Å². The minimum atomic E-state index is -0.0376. The molecule has 5 heteroatoms. The van der Waals surface area contributed by atoms with Crippen molar-refractivity contribution in [2.24, 2.45) is 17.8 Å². The van der Waals surface area contributed by atoms with Gasteiger partial charge in [-0.05, 0) is 30.9 Å². The molecule has 5 nitrogen and oxygen atoms in total. The lowest BCUT2D eigenvalue weighted by Gasteiger charge is -2.19. The number of amides is 1. The van der Waals surface area contributed by atoms with Gasteiger partial charge in [-0.2, -0.15) is 0 Å². The monoisotopic (exact) mass is 301 g/mol. The van der Waals surface area contributed by atoms with Crippen molar-refractivity contribution in [2.45, 2.75) is 18.9 Å². The van der Waals surface area contributed by atoms with Crippen LogP contribution < -0.4 is 5.32 Å². The number of pyridine rings is 1. The van der Waals surface area contributed by atoms with Gasteiger partial charge in [0.1, 0.15) is 0 Å². The molecule has 0 radical (unpaired) electrons. The van der Waals surface area contributed by atoms with E-state index in [4.69, 9.17) is 4.74 Å². The van der Waals surface area contributed by atoms with Crippen molar-refractivity contribution in [3.8, 4) is 0 Å². The molecular weight excluding hydrogens is 278 g/mol. The Morgan fingerprint density at radius 2 is 2.32 bits per heavy atom. The summed E-state index contributed by atoms with van der Waals surface area (Å²) in [5, 5.41) is 3.04. The zero-order valence-electron chi connectivity index (χ0n) is 12.8. The summed E-state index contributed by atoms with van der Waals surface area (Å²) in [5.74, 6) is 1.91. The van der Waals surface area contributed by atoms with Gasteiger partial charge in [-0.1, -0.05) is 0 Å². The maximum atomic E-state index is 12.1. The summed E-state index contributed by atoms with van der Waals surface area (Å²) in [5.41, 5.74) is 0.625. The molecular formula is C17H23N3O2. The topological polar surface area (TPSA) is 54.5 Å². The lowest BCUT2D eigenvalue weighted by Crippen LogP contribution is -2.34. The fourth-order valence-electron chi connectivity index (χ4n) is 3.73. The Hall–Kier alpha value is -1.46. The Morgan fingerprint density at radius 3 is 3.09 bits per heavy atom. The average Bonchev–Trinajstić information content (AvgIpc) is 3.14. The molecule has 1 amide bonds. The van der Waals surface area contributed by atoms with E-state index in [2.05, 4.69) is 15.2 Å². The summed E-state index contributed by atoms with van der Waals surface area (Å²) >= 11 is 0. The van der Waals surface area contributed by atoms with Gasteiger partial charge >= 0.3 is 0 Å². The van der Waals surface area contributed by atoms with E-state index in [-0.39, 0.29) is 5.91 Å². The minimum absolute atomic E-state index is 0.0376. The van der Waals surface area contributed by atoms with E-state index < -0.39 is 0 Å². The molecule has 118 valence electrons. The van der Waals surface area contributed by atoms with Gasteiger partial charge in [0.2, 0.25) is 0 Å². The van der Waals surface area contributed by atoms with Gasteiger partial charge in [0.25, 0.3) is 5.91 Å². The van der Waals surface area contributed by atoms with Crippen LogP contribution in [0.3, 0.4) is 0 Å². The summed E-state index contributed by atoms with van der Waals surface area (Å²) in [7, 11) is 0. The van der Waals surface area contributed by atoms with E-state index in [1.54, 1.807) is 24.5 Å². The van der Waals surface area contributed by atoms with Crippen molar-refractivity contribution in [1.82, 2.24) is 15.2 Å². The Balaban J connectivity index is 1.29. The number of rotatable bonds is 5. The second-order valence-corrected chi connectivity index (χ2v) is 6.91. The highest BCUT2D eigenvalue weighted by Crippen LogP contribution is 2.36. The van der Waals surface area contributed by atoms with Crippen LogP contribution in [-0.2, 0) is 4.74 Å². The van der Waals surface area contributed by atoms with Crippen LogP contribution in [0.1, 0.15) is 23.2 Å². The third-order valence-corrected chi connectivity index (χ3v) is 5.18. The third kappa shape index (κ3) is 3.01. The van der Waals surface area contributed by atoms with Crippen LogP contribution in [0.4, 0.5) is 0 Å². The predicted molar refractivity (Wildman–Crippen MR) is 82.5 cm³/mol. The van der Waals surface area contributed by atoms with Crippen molar-refractivity contribution >= 4 is 5.91 Å². The van der Waals surface area contributed by atoms with Gasteiger partial charge in [-0.25, -0.2) is 0 Å². The van der Waals surface area contributed by atoms with Crippen LogP contribution in [0.2, 0.25) is 0 Å². The van der Waals surface area contributed by atoms with Crippen LogP contribution in [0.5, 0.6) is 0 Å². The lowest BCUT2D eigenvalue weighted by molar-refractivity contribution is 0.0905. The summed E-state index contributed by atoms with van der Waals surface area (Å²) in [6, 6.07) is 3.58. The molecule has 2 aliphatic heterocycles. The number of ether oxygens (including phenoxy) is 1. The van der Waals surface area contributed by atoms with Crippen molar-refractivity contribution < 1.29 is 9.53 Å². The number of nitrogens with zero attached hydrogens (tertiary/aromatic N) is 2. The Morgan fingerprint density at radius 1 is 1.41 bits per heavy atom. The van der Waals surface area contributed by atoms with Gasteiger partial charge < -0.3 is 15.0 Å². The van der Waals surface area contributed by atoms with E-state index in [9.17, 15) is 4.79 Å². The molecule has 1 aromatic rings. The molecule has 3 aliphatic rings. The maximum absolute atomic E-state index is 12.1. The van der Waals surface area contributed by atoms with Gasteiger partial charge in [-0.3, -0.25) is 9.78 Å². The van der Waals surface area contributed by atoms with Gasteiger partial charge in [0.05, 0.1) is 18.3 Å². The molecule has 2 saturated heterocycles. The molecule has 3 heterocycles. The highest BCUT2D eigenvalue weighted by Gasteiger charge is 2.44. The molecule has 1 saturated carbocycles. The number of carbonyl (C=O) groups excluding carboxylic acids is 1. The molecule has 0 unspecified atom stereocenters. The molecule has 3 fully saturated rings. The fraction of sp³-hybridized carbons (Fsp3) is 0.647. The SMILES string of the molecule is O=C(NC[C@@H]1CO[C@H]2CN(CC3CC3)C[C@@H]12)c1cccnc1. The van der Waals surface area contributed by atoms with Crippen molar-refractivity contribution in [3.63, 3.8) is 0 Å².